The maximum absolute atomic E-state index is 5.84. The van der Waals surface area contributed by atoms with Crippen LogP contribution in [0.2, 0.25) is 5.28 Å². The van der Waals surface area contributed by atoms with Crippen LogP contribution in [0, 0.1) is 6.92 Å². The Labute approximate surface area is 104 Å². The summed E-state index contributed by atoms with van der Waals surface area (Å²) in [6.45, 7) is 2.75. The van der Waals surface area contributed by atoms with Crippen LogP contribution < -0.4 is 4.74 Å². The highest BCUT2D eigenvalue weighted by Gasteiger charge is 2.14. The molecule has 0 atom stereocenters. The molecule has 3 nitrogen and oxygen atoms in total. The average molecular weight is 247 g/mol. The fraction of sp³-hybridized carbons (Fsp3) is 0.231. The van der Waals surface area contributed by atoms with Crippen molar-refractivity contribution in [2.45, 2.75) is 13.3 Å². The van der Waals surface area contributed by atoms with Crippen LogP contribution in [0.15, 0.2) is 24.4 Å². The van der Waals surface area contributed by atoms with Gasteiger partial charge in [-0.25, -0.2) is 9.97 Å². The average Bonchev–Trinajstić information content (AvgIpc) is 2.79. The first-order valence-electron chi connectivity index (χ1n) is 5.49. The predicted octanol–water partition coefficient (Wildman–Crippen LogP) is 3.04. The molecule has 2 aromatic rings. The fourth-order valence-corrected chi connectivity index (χ4v) is 2.18. The first-order valence-corrected chi connectivity index (χ1v) is 5.87. The lowest BCUT2D eigenvalue weighted by Gasteiger charge is -2.06. The molecule has 2 heterocycles. The lowest BCUT2D eigenvalue weighted by molar-refractivity contribution is 0.357. The number of aryl methyl sites for hydroxylation is 1. The number of halogens is 1. The van der Waals surface area contributed by atoms with Crippen molar-refractivity contribution in [1.82, 2.24) is 9.97 Å². The number of rotatable bonds is 1. The zero-order chi connectivity index (χ0) is 11.8. The van der Waals surface area contributed by atoms with Gasteiger partial charge in [-0.1, -0.05) is 0 Å². The summed E-state index contributed by atoms with van der Waals surface area (Å²) in [5, 5.41) is 0.280. The molecule has 1 aliphatic heterocycles. The molecular formula is C13H11ClN2O. The van der Waals surface area contributed by atoms with Gasteiger partial charge in [0.05, 0.1) is 12.3 Å². The molecule has 86 valence electrons. The number of benzene rings is 1. The van der Waals surface area contributed by atoms with Gasteiger partial charge in [-0.2, -0.15) is 0 Å². The lowest BCUT2D eigenvalue weighted by atomic mass is 10.0. The Balaban J connectivity index is 2.12. The predicted molar refractivity (Wildman–Crippen MR) is 66.4 cm³/mol. The molecule has 0 bridgehead atoms. The molecule has 17 heavy (non-hydrogen) atoms. The summed E-state index contributed by atoms with van der Waals surface area (Å²) in [6, 6.07) is 6.12. The van der Waals surface area contributed by atoms with Crippen molar-refractivity contribution in [2.24, 2.45) is 0 Å². The highest BCUT2D eigenvalue weighted by Crippen LogP contribution is 2.31. The third-order valence-electron chi connectivity index (χ3n) is 2.91. The summed E-state index contributed by atoms with van der Waals surface area (Å²) in [6.07, 6.45) is 2.70. The number of fused-ring (bicyclic) bond motifs is 1. The van der Waals surface area contributed by atoms with E-state index in [0.29, 0.717) is 0 Å². The molecule has 0 aliphatic carbocycles. The van der Waals surface area contributed by atoms with Crippen LogP contribution >= 0.6 is 11.6 Å². The number of ether oxygens (including phenoxy) is 1. The van der Waals surface area contributed by atoms with Gasteiger partial charge in [0.15, 0.2) is 0 Å². The minimum absolute atomic E-state index is 0.280. The maximum atomic E-state index is 5.84. The van der Waals surface area contributed by atoms with Crippen LogP contribution in [0.5, 0.6) is 5.75 Å². The van der Waals surface area contributed by atoms with Gasteiger partial charge in [0, 0.05) is 18.2 Å². The van der Waals surface area contributed by atoms with Crippen molar-refractivity contribution in [2.75, 3.05) is 6.61 Å². The molecule has 0 unspecified atom stereocenters. The van der Waals surface area contributed by atoms with E-state index in [4.69, 9.17) is 16.3 Å². The highest BCUT2D eigenvalue weighted by molar-refractivity contribution is 6.28. The summed E-state index contributed by atoms with van der Waals surface area (Å²) in [7, 11) is 0. The van der Waals surface area contributed by atoms with Crippen LogP contribution in [0.25, 0.3) is 11.3 Å². The molecule has 0 radical (unpaired) electrons. The van der Waals surface area contributed by atoms with E-state index in [1.807, 2.05) is 19.1 Å². The second-order valence-corrected chi connectivity index (χ2v) is 4.43. The van der Waals surface area contributed by atoms with E-state index in [1.165, 1.54) is 5.56 Å². The van der Waals surface area contributed by atoms with Gasteiger partial charge in [-0.3, -0.25) is 0 Å². The quantitative estimate of drug-likeness (QED) is 0.726. The van der Waals surface area contributed by atoms with Crippen molar-refractivity contribution >= 4 is 11.6 Å². The second-order valence-electron chi connectivity index (χ2n) is 4.09. The van der Waals surface area contributed by atoms with Crippen molar-refractivity contribution in [3.8, 4) is 17.0 Å². The Morgan fingerprint density at radius 1 is 1.35 bits per heavy atom. The van der Waals surface area contributed by atoms with E-state index in [1.54, 1.807) is 6.20 Å². The third-order valence-corrected chi connectivity index (χ3v) is 3.09. The Morgan fingerprint density at radius 2 is 2.24 bits per heavy atom. The largest absolute Gasteiger partial charge is 0.493 e. The van der Waals surface area contributed by atoms with Crippen LogP contribution in [0.4, 0.5) is 0 Å². The van der Waals surface area contributed by atoms with Crippen LogP contribution in [0.1, 0.15) is 11.1 Å². The van der Waals surface area contributed by atoms with Gasteiger partial charge in [-0.05, 0) is 47.9 Å². The van der Waals surface area contributed by atoms with E-state index < -0.39 is 0 Å². The number of nitrogens with zero attached hydrogens (tertiary/aromatic N) is 2. The molecule has 0 fully saturated rings. The van der Waals surface area contributed by atoms with E-state index in [-0.39, 0.29) is 5.28 Å². The van der Waals surface area contributed by atoms with E-state index in [2.05, 4.69) is 16.0 Å². The minimum Gasteiger partial charge on any atom is -0.493 e. The summed E-state index contributed by atoms with van der Waals surface area (Å²) in [5.41, 5.74) is 4.21. The normalized spacial score (nSPS) is 13.3. The molecule has 4 heteroatoms. The van der Waals surface area contributed by atoms with Crippen LogP contribution in [0.3, 0.4) is 0 Å². The molecule has 0 saturated heterocycles. The molecule has 3 rings (SSSR count). The van der Waals surface area contributed by atoms with Crippen molar-refractivity contribution in [3.63, 3.8) is 0 Å². The van der Waals surface area contributed by atoms with Gasteiger partial charge in [0.25, 0.3) is 0 Å². The van der Waals surface area contributed by atoms with Crippen LogP contribution in [-0.2, 0) is 6.42 Å². The molecule has 0 saturated carbocycles. The maximum Gasteiger partial charge on any atom is 0.222 e. The fourth-order valence-electron chi connectivity index (χ4n) is 2.05. The van der Waals surface area contributed by atoms with Gasteiger partial charge in [0.2, 0.25) is 5.28 Å². The van der Waals surface area contributed by atoms with E-state index in [9.17, 15) is 0 Å². The number of hydrogen-bond donors (Lipinski definition) is 0. The Morgan fingerprint density at radius 3 is 3.12 bits per heavy atom. The Bertz CT molecular complexity index is 584. The minimum atomic E-state index is 0.280. The monoisotopic (exact) mass is 246 g/mol. The molecule has 1 aromatic heterocycles. The molecule has 1 aliphatic rings. The summed E-state index contributed by atoms with van der Waals surface area (Å²) in [4.78, 5) is 8.25. The first-order chi connectivity index (χ1) is 8.24. The first kappa shape index (κ1) is 10.5. The van der Waals surface area contributed by atoms with Gasteiger partial charge < -0.3 is 4.74 Å². The van der Waals surface area contributed by atoms with E-state index >= 15 is 0 Å². The van der Waals surface area contributed by atoms with Crippen molar-refractivity contribution in [1.29, 1.82) is 0 Å². The SMILES string of the molecule is Cc1cnc(Cl)nc1-c1ccc2c(c1)CCO2. The smallest absolute Gasteiger partial charge is 0.222 e. The molecular weight excluding hydrogens is 236 g/mol. The number of hydrogen-bond acceptors (Lipinski definition) is 3. The summed E-state index contributed by atoms with van der Waals surface area (Å²) < 4.78 is 5.48. The molecule has 0 amide bonds. The third kappa shape index (κ3) is 1.87. The Kier molecular flexibility index (Phi) is 2.48. The van der Waals surface area contributed by atoms with Gasteiger partial charge in [-0.15, -0.1) is 0 Å². The molecule has 0 N–H and O–H groups in total. The molecule has 1 aromatic carbocycles. The second kappa shape index (κ2) is 4.00. The Hall–Kier alpha value is -1.61. The van der Waals surface area contributed by atoms with E-state index in [0.717, 1.165) is 35.6 Å². The van der Waals surface area contributed by atoms with Crippen LogP contribution in [-0.4, -0.2) is 16.6 Å². The van der Waals surface area contributed by atoms with Crippen molar-refractivity contribution < 1.29 is 4.74 Å². The highest BCUT2D eigenvalue weighted by atomic mass is 35.5. The van der Waals surface area contributed by atoms with Crippen molar-refractivity contribution in [3.05, 3.63) is 40.8 Å². The van der Waals surface area contributed by atoms with Gasteiger partial charge >= 0.3 is 0 Å². The standard InChI is InChI=1S/C13H11ClN2O/c1-8-7-15-13(14)16-12(8)10-2-3-11-9(6-10)4-5-17-11/h2-3,6-7H,4-5H2,1H3. The zero-order valence-corrected chi connectivity index (χ0v) is 10.2. The lowest BCUT2D eigenvalue weighted by Crippen LogP contribution is -1.92. The molecule has 0 spiro atoms. The zero-order valence-electron chi connectivity index (χ0n) is 9.40. The summed E-state index contributed by atoms with van der Waals surface area (Å²) >= 11 is 5.84. The number of aromatic nitrogens is 2. The summed E-state index contributed by atoms with van der Waals surface area (Å²) in [5.74, 6) is 0.978. The topological polar surface area (TPSA) is 35.0 Å². The van der Waals surface area contributed by atoms with Gasteiger partial charge in [0.1, 0.15) is 5.75 Å².